The van der Waals surface area contributed by atoms with Gasteiger partial charge >= 0.3 is 0 Å². The molecule has 0 unspecified atom stereocenters. The van der Waals surface area contributed by atoms with Gasteiger partial charge in [0, 0.05) is 16.4 Å². The lowest BCUT2D eigenvalue weighted by molar-refractivity contribution is 0.0950. The van der Waals surface area contributed by atoms with Gasteiger partial charge < -0.3 is 9.67 Å². The van der Waals surface area contributed by atoms with Crippen LogP contribution in [0.3, 0.4) is 0 Å². The molecule has 7 heteroatoms. The van der Waals surface area contributed by atoms with E-state index in [-0.39, 0.29) is 11.3 Å². The first-order valence-electron chi connectivity index (χ1n) is 9.46. The number of benzene rings is 2. The number of fused-ring (bicyclic) bond motifs is 1. The fourth-order valence-corrected chi connectivity index (χ4v) is 3.56. The first kappa shape index (κ1) is 20.8. The minimum Gasteiger partial charge on any atom is -0.506 e. The first-order valence-corrected chi connectivity index (χ1v) is 10.3. The lowest BCUT2D eigenvalue weighted by atomic mass is 10.1. The Morgan fingerprint density at radius 1 is 1.21 bits per heavy atom. The van der Waals surface area contributed by atoms with Crippen molar-refractivity contribution in [2.75, 3.05) is 0 Å². The third kappa shape index (κ3) is 4.74. The molecule has 3 aromatic rings. The van der Waals surface area contributed by atoms with Crippen molar-refractivity contribution in [1.82, 2.24) is 9.99 Å². The lowest BCUT2D eigenvalue weighted by Gasteiger charge is -2.14. The van der Waals surface area contributed by atoms with Crippen LogP contribution in [0, 0.1) is 0 Å². The van der Waals surface area contributed by atoms with Gasteiger partial charge in [0.1, 0.15) is 11.3 Å². The fraction of sp³-hybridized carbons (Fsp3) is 0.227. The summed E-state index contributed by atoms with van der Waals surface area (Å²) < 4.78 is 2.44. The van der Waals surface area contributed by atoms with Gasteiger partial charge in [-0.15, -0.1) is 0 Å². The molecule has 0 atom stereocenters. The molecule has 0 spiro atoms. The van der Waals surface area contributed by atoms with E-state index in [0.717, 1.165) is 29.3 Å². The number of halogens is 1. The molecule has 2 N–H and O–H groups in total. The topological polar surface area (TPSA) is 83.7 Å². The predicted octanol–water partition coefficient (Wildman–Crippen LogP) is 4.42. The van der Waals surface area contributed by atoms with Crippen LogP contribution < -0.4 is 11.0 Å². The van der Waals surface area contributed by atoms with Crippen molar-refractivity contribution in [2.24, 2.45) is 5.10 Å². The number of aromatic nitrogens is 1. The van der Waals surface area contributed by atoms with Crippen LogP contribution in [-0.2, 0) is 6.54 Å². The number of carbonyl (C=O) groups excluding carboxylic acids is 1. The number of pyridine rings is 1. The second kappa shape index (κ2) is 9.52. The van der Waals surface area contributed by atoms with Gasteiger partial charge in [-0.2, -0.15) is 5.10 Å². The van der Waals surface area contributed by atoms with Gasteiger partial charge in [0.05, 0.1) is 11.7 Å². The van der Waals surface area contributed by atoms with Gasteiger partial charge in [0.15, 0.2) is 0 Å². The Labute approximate surface area is 177 Å². The third-order valence-electron chi connectivity index (χ3n) is 4.59. The molecular formula is C22H22BrN3O3. The molecule has 1 heterocycles. The molecule has 0 radical (unpaired) electrons. The fourth-order valence-electron chi connectivity index (χ4n) is 3.14. The molecule has 0 saturated heterocycles. The number of nitrogens with zero attached hydrogens (tertiary/aromatic N) is 2. The van der Waals surface area contributed by atoms with Gasteiger partial charge in [-0.3, -0.25) is 9.59 Å². The smallest absolute Gasteiger partial charge is 0.280 e. The second-order valence-corrected chi connectivity index (χ2v) is 7.57. The largest absolute Gasteiger partial charge is 0.506 e. The number of aryl methyl sites for hydroxylation is 1. The Bertz CT molecular complexity index is 1120. The van der Waals surface area contributed by atoms with Crippen LogP contribution in [0.4, 0.5) is 0 Å². The van der Waals surface area contributed by atoms with Crippen LogP contribution in [0.15, 0.2) is 62.9 Å². The summed E-state index contributed by atoms with van der Waals surface area (Å²) in [5.41, 5.74) is 2.92. The minimum atomic E-state index is -0.742. The maximum absolute atomic E-state index is 13.0. The second-order valence-electron chi connectivity index (χ2n) is 6.66. The van der Waals surface area contributed by atoms with Gasteiger partial charge in [0.2, 0.25) is 0 Å². The lowest BCUT2D eigenvalue weighted by Crippen LogP contribution is -2.31. The molecule has 0 bridgehead atoms. The highest BCUT2D eigenvalue weighted by molar-refractivity contribution is 9.10. The Hall–Kier alpha value is -2.93. The molecule has 150 valence electrons. The molecule has 0 aliphatic carbocycles. The predicted molar refractivity (Wildman–Crippen MR) is 119 cm³/mol. The average molecular weight is 456 g/mol. The molecule has 0 aliphatic rings. The summed E-state index contributed by atoms with van der Waals surface area (Å²) >= 11 is 3.37. The number of nitrogens with one attached hydrogen (secondary N) is 1. The zero-order valence-electron chi connectivity index (χ0n) is 16.1. The van der Waals surface area contributed by atoms with Gasteiger partial charge in [-0.05, 0) is 36.2 Å². The molecule has 29 heavy (non-hydrogen) atoms. The molecule has 0 fully saturated rings. The number of para-hydroxylation sites is 1. The van der Waals surface area contributed by atoms with Crippen molar-refractivity contribution >= 4 is 39.0 Å². The quantitative estimate of drug-likeness (QED) is 0.314. The van der Waals surface area contributed by atoms with Crippen molar-refractivity contribution in [1.29, 1.82) is 0 Å². The van der Waals surface area contributed by atoms with Gasteiger partial charge in [-0.25, -0.2) is 5.43 Å². The zero-order valence-corrected chi connectivity index (χ0v) is 17.6. The van der Waals surface area contributed by atoms with Crippen molar-refractivity contribution in [3.8, 4) is 5.75 Å². The zero-order chi connectivity index (χ0) is 20.8. The Morgan fingerprint density at radius 2 is 2.00 bits per heavy atom. The van der Waals surface area contributed by atoms with E-state index in [1.165, 1.54) is 6.21 Å². The van der Waals surface area contributed by atoms with E-state index in [0.29, 0.717) is 17.4 Å². The summed E-state index contributed by atoms with van der Waals surface area (Å²) in [5, 5.41) is 15.0. The van der Waals surface area contributed by atoms with E-state index in [2.05, 4.69) is 33.4 Å². The summed E-state index contributed by atoms with van der Waals surface area (Å²) in [7, 11) is 0. The molecule has 2 aromatic carbocycles. The van der Waals surface area contributed by atoms with Crippen LogP contribution >= 0.6 is 15.9 Å². The van der Waals surface area contributed by atoms with Crippen LogP contribution in [0.25, 0.3) is 10.9 Å². The molecule has 1 aromatic heterocycles. The average Bonchev–Trinajstić information content (AvgIpc) is 2.71. The van der Waals surface area contributed by atoms with Crippen molar-refractivity contribution in [3.05, 3.63) is 74.5 Å². The van der Waals surface area contributed by atoms with Crippen LogP contribution in [-0.4, -0.2) is 21.8 Å². The van der Waals surface area contributed by atoms with E-state index < -0.39 is 11.5 Å². The van der Waals surface area contributed by atoms with Crippen LogP contribution in [0.2, 0.25) is 0 Å². The summed E-state index contributed by atoms with van der Waals surface area (Å²) in [6.45, 7) is 2.56. The minimum absolute atomic E-state index is 0.299. The number of carbonyl (C=O) groups is 1. The van der Waals surface area contributed by atoms with Crippen LogP contribution in [0.1, 0.15) is 42.1 Å². The molecule has 3 rings (SSSR count). The van der Waals surface area contributed by atoms with E-state index in [4.69, 9.17) is 0 Å². The molecule has 0 aliphatic heterocycles. The van der Waals surface area contributed by atoms with E-state index >= 15 is 0 Å². The van der Waals surface area contributed by atoms with Crippen molar-refractivity contribution in [3.63, 3.8) is 0 Å². The standard InChI is InChI=1S/C22H22BrN3O3/c1-2-3-6-12-26-18-11-5-4-10-17(18)20(27)19(22(26)29)21(28)25-24-14-15-8-7-9-16(23)13-15/h4-5,7-11,13-14,27H,2-3,6,12H2,1H3,(H,25,28)/b24-14+. The molecule has 6 nitrogen and oxygen atoms in total. The van der Waals surface area contributed by atoms with Crippen molar-refractivity contribution < 1.29 is 9.90 Å². The summed E-state index contributed by atoms with van der Waals surface area (Å²) in [6, 6.07) is 14.4. The summed E-state index contributed by atoms with van der Waals surface area (Å²) in [4.78, 5) is 25.7. The van der Waals surface area contributed by atoms with Gasteiger partial charge in [-0.1, -0.05) is 60.0 Å². The maximum Gasteiger partial charge on any atom is 0.280 e. The third-order valence-corrected chi connectivity index (χ3v) is 5.08. The van der Waals surface area contributed by atoms with E-state index in [1.54, 1.807) is 28.8 Å². The highest BCUT2D eigenvalue weighted by Gasteiger charge is 2.21. The summed E-state index contributed by atoms with van der Waals surface area (Å²) in [5.74, 6) is -1.07. The number of hydrogen-bond acceptors (Lipinski definition) is 4. The SMILES string of the molecule is CCCCCn1c(=O)c(C(=O)N/N=C/c2cccc(Br)c2)c(O)c2ccccc21. The van der Waals surface area contributed by atoms with E-state index in [1.807, 2.05) is 24.3 Å². The van der Waals surface area contributed by atoms with Gasteiger partial charge in [0.25, 0.3) is 11.5 Å². The summed E-state index contributed by atoms with van der Waals surface area (Å²) in [6.07, 6.45) is 4.27. The van der Waals surface area contributed by atoms with Crippen molar-refractivity contribution in [2.45, 2.75) is 32.7 Å². The Kier molecular flexibility index (Phi) is 6.82. The highest BCUT2D eigenvalue weighted by Crippen LogP contribution is 2.26. The number of aromatic hydroxyl groups is 1. The monoisotopic (exact) mass is 455 g/mol. The number of hydrazone groups is 1. The highest BCUT2D eigenvalue weighted by atomic mass is 79.9. The number of amides is 1. The van der Waals surface area contributed by atoms with Crippen LogP contribution in [0.5, 0.6) is 5.75 Å². The number of rotatable bonds is 7. The molecular weight excluding hydrogens is 434 g/mol. The number of unbranched alkanes of at least 4 members (excludes halogenated alkanes) is 2. The van der Waals surface area contributed by atoms with E-state index in [9.17, 15) is 14.7 Å². The first-order chi connectivity index (χ1) is 14.0. The molecule has 1 amide bonds. The Morgan fingerprint density at radius 3 is 2.76 bits per heavy atom. The molecule has 0 saturated carbocycles. The maximum atomic E-state index is 13.0. The Balaban J connectivity index is 1.95. The normalized spacial score (nSPS) is 11.2. The number of hydrogen-bond donors (Lipinski definition) is 2.